The molecule has 8 heteroatoms. The number of nitrogens with one attached hydrogen (secondary N) is 1. The number of ether oxygens (including phenoxy) is 1. The van der Waals surface area contributed by atoms with Crippen LogP contribution >= 0.6 is 0 Å². The Bertz CT molecular complexity index is 808. The first kappa shape index (κ1) is 23.0. The summed E-state index contributed by atoms with van der Waals surface area (Å²) in [7, 11) is 0. The number of aromatic amines is 1. The molecule has 0 bridgehead atoms. The summed E-state index contributed by atoms with van der Waals surface area (Å²) >= 11 is 0. The number of carbonyl (C=O) groups excluding carboxylic acids is 2. The summed E-state index contributed by atoms with van der Waals surface area (Å²) in [6.07, 6.45) is 2.26. The second-order valence-corrected chi connectivity index (χ2v) is 7.83. The summed E-state index contributed by atoms with van der Waals surface area (Å²) in [5.74, 6) is 0.0631. The average Bonchev–Trinajstić information content (AvgIpc) is 3.23. The fourth-order valence-corrected chi connectivity index (χ4v) is 3.87. The maximum atomic E-state index is 13.0. The molecule has 1 aliphatic heterocycles. The standard InChI is InChI=1S/C23H33N5O3/c1-3-27(4-2)23(30)18-31-21-15-26(14-20-10-12-24-25-20)17-22(29)28(16-21)13-11-19-8-6-5-7-9-19/h5-10,12,21H,3-4,11,13-18H2,1-2H3,(H,24,25). The Morgan fingerprint density at radius 2 is 1.97 bits per heavy atom. The SMILES string of the molecule is CCN(CC)C(=O)COC1CN(Cc2ccn[nH]2)CC(=O)N(CCc2ccccc2)C1. The third kappa shape index (κ3) is 6.90. The van der Waals surface area contributed by atoms with Gasteiger partial charge in [0.15, 0.2) is 0 Å². The minimum Gasteiger partial charge on any atom is -0.365 e. The molecule has 2 aromatic rings. The quantitative estimate of drug-likeness (QED) is 0.622. The smallest absolute Gasteiger partial charge is 0.248 e. The fraction of sp³-hybridized carbons (Fsp3) is 0.522. The summed E-state index contributed by atoms with van der Waals surface area (Å²) < 4.78 is 6.04. The van der Waals surface area contributed by atoms with Crippen molar-refractivity contribution in [1.82, 2.24) is 24.9 Å². The summed E-state index contributed by atoms with van der Waals surface area (Å²) in [5, 5.41) is 6.95. The van der Waals surface area contributed by atoms with Crippen molar-refractivity contribution in [3.63, 3.8) is 0 Å². The van der Waals surface area contributed by atoms with Gasteiger partial charge in [0, 0.05) is 51.2 Å². The molecule has 2 heterocycles. The van der Waals surface area contributed by atoms with Crippen LogP contribution < -0.4 is 0 Å². The van der Waals surface area contributed by atoms with E-state index in [1.165, 1.54) is 5.56 Å². The fourth-order valence-electron chi connectivity index (χ4n) is 3.87. The Balaban J connectivity index is 1.65. The van der Waals surface area contributed by atoms with Crippen LogP contribution in [0.4, 0.5) is 0 Å². The lowest BCUT2D eigenvalue weighted by Crippen LogP contribution is -2.41. The van der Waals surface area contributed by atoms with Gasteiger partial charge in [0.2, 0.25) is 11.8 Å². The normalized spacial score (nSPS) is 17.5. The van der Waals surface area contributed by atoms with Gasteiger partial charge in [-0.3, -0.25) is 19.6 Å². The molecule has 0 aliphatic carbocycles. The van der Waals surface area contributed by atoms with Gasteiger partial charge in [-0.1, -0.05) is 30.3 Å². The molecule has 1 aromatic carbocycles. The van der Waals surface area contributed by atoms with Gasteiger partial charge >= 0.3 is 0 Å². The van der Waals surface area contributed by atoms with Gasteiger partial charge in [-0.05, 0) is 31.9 Å². The maximum absolute atomic E-state index is 13.0. The molecule has 0 radical (unpaired) electrons. The Morgan fingerprint density at radius 1 is 1.19 bits per heavy atom. The van der Waals surface area contributed by atoms with E-state index in [-0.39, 0.29) is 24.5 Å². The van der Waals surface area contributed by atoms with Crippen molar-refractivity contribution in [3.8, 4) is 0 Å². The first-order chi connectivity index (χ1) is 15.1. The van der Waals surface area contributed by atoms with E-state index in [1.807, 2.05) is 43.0 Å². The van der Waals surface area contributed by atoms with Crippen molar-refractivity contribution in [2.45, 2.75) is 32.9 Å². The molecule has 31 heavy (non-hydrogen) atoms. The van der Waals surface area contributed by atoms with Gasteiger partial charge in [0.25, 0.3) is 0 Å². The van der Waals surface area contributed by atoms with Crippen molar-refractivity contribution in [1.29, 1.82) is 0 Å². The number of aromatic nitrogens is 2. The Hall–Kier alpha value is -2.71. The first-order valence-corrected chi connectivity index (χ1v) is 11.0. The summed E-state index contributed by atoms with van der Waals surface area (Å²) in [4.78, 5) is 31.1. The number of rotatable bonds is 10. The predicted octanol–water partition coefficient (Wildman–Crippen LogP) is 1.55. The van der Waals surface area contributed by atoms with Crippen molar-refractivity contribution < 1.29 is 14.3 Å². The van der Waals surface area contributed by atoms with Crippen LogP contribution in [0.2, 0.25) is 0 Å². The predicted molar refractivity (Wildman–Crippen MR) is 118 cm³/mol. The number of nitrogens with zero attached hydrogens (tertiary/aromatic N) is 4. The minimum absolute atomic E-state index is 0.0171. The highest BCUT2D eigenvalue weighted by atomic mass is 16.5. The maximum Gasteiger partial charge on any atom is 0.248 e. The van der Waals surface area contributed by atoms with E-state index in [4.69, 9.17) is 4.74 Å². The number of amides is 2. The molecule has 1 aliphatic rings. The highest BCUT2D eigenvalue weighted by molar-refractivity contribution is 5.79. The van der Waals surface area contributed by atoms with Crippen molar-refractivity contribution in [2.24, 2.45) is 0 Å². The number of likely N-dealkylation sites (N-methyl/N-ethyl adjacent to an activating group) is 1. The van der Waals surface area contributed by atoms with Crippen LogP contribution in [0, 0.1) is 0 Å². The summed E-state index contributed by atoms with van der Waals surface area (Å²) in [6, 6.07) is 12.1. The zero-order chi connectivity index (χ0) is 22.1. The van der Waals surface area contributed by atoms with Crippen LogP contribution in [-0.4, -0.2) is 88.7 Å². The number of carbonyl (C=O) groups is 2. The molecule has 1 fully saturated rings. The van der Waals surface area contributed by atoms with E-state index < -0.39 is 0 Å². The molecule has 1 saturated heterocycles. The van der Waals surface area contributed by atoms with Crippen molar-refractivity contribution in [2.75, 3.05) is 45.9 Å². The van der Waals surface area contributed by atoms with Crippen LogP contribution in [0.25, 0.3) is 0 Å². The van der Waals surface area contributed by atoms with E-state index >= 15 is 0 Å². The van der Waals surface area contributed by atoms with Crippen molar-refractivity contribution in [3.05, 3.63) is 53.9 Å². The van der Waals surface area contributed by atoms with Gasteiger partial charge in [-0.25, -0.2) is 0 Å². The Kier molecular flexibility index (Phi) is 8.61. The minimum atomic E-state index is -0.232. The van der Waals surface area contributed by atoms with Gasteiger partial charge in [-0.15, -0.1) is 0 Å². The molecule has 1 N–H and O–H groups in total. The highest BCUT2D eigenvalue weighted by Crippen LogP contribution is 2.13. The van der Waals surface area contributed by atoms with E-state index in [2.05, 4.69) is 27.2 Å². The lowest BCUT2D eigenvalue weighted by Gasteiger charge is -2.26. The van der Waals surface area contributed by atoms with Crippen LogP contribution in [0.5, 0.6) is 0 Å². The zero-order valence-corrected chi connectivity index (χ0v) is 18.5. The van der Waals surface area contributed by atoms with Gasteiger partial charge in [-0.2, -0.15) is 5.10 Å². The third-order valence-corrected chi connectivity index (χ3v) is 5.62. The molecule has 1 aromatic heterocycles. The van der Waals surface area contributed by atoms with Crippen LogP contribution in [0.15, 0.2) is 42.6 Å². The second kappa shape index (κ2) is 11.6. The third-order valence-electron chi connectivity index (χ3n) is 5.62. The number of hydrogen-bond donors (Lipinski definition) is 1. The number of H-pyrrole nitrogens is 1. The monoisotopic (exact) mass is 427 g/mol. The van der Waals surface area contributed by atoms with E-state index in [0.29, 0.717) is 45.8 Å². The van der Waals surface area contributed by atoms with Gasteiger partial charge in [0.05, 0.1) is 12.6 Å². The van der Waals surface area contributed by atoms with Gasteiger partial charge in [0.1, 0.15) is 6.61 Å². The topological polar surface area (TPSA) is 81.8 Å². The molecule has 8 nitrogen and oxygen atoms in total. The summed E-state index contributed by atoms with van der Waals surface area (Å²) in [5.41, 5.74) is 2.14. The first-order valence-electron chi connectivity index (χ1n) is 11.0. The number of benzene rings is 1. The lowest BCUT2D eigenvalue weighted by atomic mass is 10.1. The molecule has 3 rings (SSSR count). The lowest BCUT2D eigenvalue weighted by molar-refractivity contribution is -0.138. The van der Waals surface area contributed by atoms with E-state index in [9.17, 15) is 9.59 Å². The molecule has 1 atom stereocenters. The number of hydrogen-bond acceptors (Lipinski definition) is 5. The molecule has 168 valence electrons. The van der Waals surface area contributed by atoms with E-state index in [0.717, 1.165) is 12.1 Å². The Labute approximate surface area is 184 Å². The largest absolute Gasteiger partial charge is 0.365 e. The zero-order valence-electron chi connectivity index (χ0n) is 18.5. The molecule has 1 unspecified atom stereocenters. The van der Waals surface area contributed by atoms with Crippen LogP contribution in [0.3, 0.4) is 0 Å². The summed E-state index contributed by atoms with van der Waals surface area (Å²) in [6.45, 7) is 7.88. The van der Waals surface area contributed by atoms with Crippen LogP contribution in [0.1, 0.15) is 25.1 Å². The highest BCUT2D eigenvalue weighted by Gasteiger charge is 2.29. The average molecular weight is 428 g/mol. The van der Waals surface area contributed by atoms with Gasteiger partial charge < -0.3 is 14.5 Å². The molecular weight excluding hydrogens is 394 g/mol. The second-order valence-electron chi connectivity index (χ2n) is 7.83. The molecular formula is C23H33N5O3. The van der Waals surface area contributed by atoms with Crippen LogP contribution in [-0.2, 0) is 27.3 Å². The molecule has 0 saturated carbocycles. The molecule has 2 amide bonds. The van der Waals surface area contributed by atoms with Crippen molar-refractivity contribution >= 4 is 11.8 Å². The Morgan fingerprint density at radius 3 is 2.65 bits per heavy atom. The van der Waals surface area contributed by atoms with E-state index in [1.54, 1.807) is 11.1 Å². The molecule has 0 spiro atoms.